The van der Waals surface area contributed by atoms with Gasteiger partial charge in [-0.25, -0.2) is 0 Å². The van der Waals surface area contributed by atoms with Gasteiger partial charge in [0.05, 0.1) is 11.8 Å². The number of nitrogens with zero attached hydrogens (tertiary/aromatic N) is 1. The first kappa shape index (κ1) is 14.4. The number of hydrogen-bond donors (Lipinski definition) is 2. The smallest absolute Gasteiger partial charge is 0.306 e. The van der Waals surface area contributed by atoms with E-state index in [1.165, 1.54) is 0 Å². The molecule has 3 aliphatic rings. The van der Waals surface area contributed by atoms with Gasteiger partial charge in [0.2, 0.25) is 11.8 Å². The average molecular weight is 294 g/mol. The van der Waals surface area contributed by atoms with Crippen LogP contribution in [0.2, 0.25) is 0 Å². The predicted octanol–water partition coefficient (Wildman–Crippen LogP) is 0.757. The van der Waals surface area contributed by atoms with Crippen LogP contribution < -0.4 is 5.32 Å². The summed E-state index contributed by atoms with van der Waals surface area (Å²) in [5.41, 5.74) is 0. The highest BCUT2D eigenvalue weighted by atomic mass is 16.4. The van der Waals surface area contributed by atoms with Crippen LogP contribution in [0.15, 0.2) is 0 Å². The van der Waals surface area contributed by atoms with Crippen LogP contribution in [0.3, 0.4) is 0 Å². The fraction of sp³-hybridized carbons (Fsp3) is 0.800. The number of aliphatic carboxylic acids is 1. The zero-order valence-corrected chi connectivity index (χ0v) is 12.1. The summed E-state index contributed by atoms with van der Waals surface area (Å²) in [5.74, 6) is -1.16. The molecule has 6 nitrogen and oxygen atoms in total. The molecule has 21 heavy (non-hydrogen) atoms. The Labute approximate surface area is 123 Å². The Morgan fingerprint density at radius 1 is 1.05 bits per heavy atom. The Kier molecular flexibility index (Phi) is 3.87. The van der Waals surface area contributed by atoms with Crippen LogP contribution in [0.1, 0.15) is 44.9 Å². The van der Waals surface area contributed by atoms with Gasteiger partial charge >= 0.3 is 5.97 Å². The lowest BCUT2D eigenvalue weighted by atomic mass is 9.86. The maximum Gasteiger partial charge on any atom is 0.306 e. The first-order chi connectivity index (χ1) is 10.0. The van der Waals surface area contributed by atoms with Crippen molar-refractivity contribution in [3.8, 4) is 0 Å². The topological polar surface area (TPSA) is 86.7 Å². The highest BCUT2D eigenvalue weighted by molar-refractivity contribution is 5.89. The molecule has 0 aromatic carbocycles. The number of hydrogen-bond acceptors (Lipinski definition) is 3. The monoisotopic (exact) mass is 294 g/mol. The van der Waals surface area contributed by atoms with E-state index in [0.29, 0.717) is 31.8 Å². The fourth-order valence-corrected chi connectivity index (χ4v) is 3.45. The number of carbonyl (C=O) groups is 3. The van der Waals surface area contributed by atoms with Crippen LogP contribution >= 0.6 is 0 Å². The first-order valence-electron chi connectivity index (χ1n) is 7.87. The molecule has 2 saturated carbocycles. The molecule has 1 aliphatic heterocycles. The van der Waals surface area contributed by atoms with Crippen molar-refractivity contribution in [2.45, 2.75) is 57.0 Å². The maximum atomic E-state index is 12.3. The normalized spacial score (nSPS) is 33.0. The molecule has 1 heterocycles. The zero-order valence-electron chi connectivity index (χ0n) is 12.1. The van der Waals surface area contributed by atoms with Crippen LogP contribution in [0, 0.1) is 11.8 Å². The van der Waals surface area contributed by atoms with Gasteiger partial charge in [-0.3, -0.25) is 14.4 Å². The Morgan fingerprint density at radius 3 is 2.29 bits per heavy atom. The molecule has 0 aromatic rings. The molecular weight excluding hydrogens is 272 g/mol. The van der Waals surface area contributed by atoms with Crippen molar-refractivity contribution in [2.24, 2.45) is 11.8 Å². The number of carboxylic acids is 1. The van der Waals surface area contributed by atoms with Crippen LogP contribution in [0.5, 0.6) is 0 Å². The van der Waals surface area contributed by atoms with E-state index in [1.807, 2.05) is 4.90 Å². The quantitative estimate of drug-likeness (QED) is 0.801. The summed E-state index contributed by atoms with van der Waals surface area (Å²) < 4.78 is 0. The van der Waals surface area contributed by atoms with Gasteiger partial charge in [0.25, 0.3) is 0 Å². The third-order valence-corrected chi connectivity index (χ3v) is 4.94. The van der Waals surface area contributed by atoms with E-state index in [1.54, 1.807) is 0 Å². The van der Waals surface area contributed by atoms with Crippen molar-refractivity contribution in [3.63, 3.8) is 0 Å². The SMILES string of the molecule is O=C(O)C1CCC(NC(=O)C2CC(=O)N(C3CC3)C2)CC1. The average Bonchev–Trinajstić information content (AvgIpc) is 3.22. The number of carbonyl (C=O) groups excluding carboxylic acids is 2. The van der Waals surface area contributed by atoms with Gasteiger partial charge < -0.3 is 15.3 Å². The molecule has 0 aromatic heterocycles. The van der Waals surface area contributed by atoms with Crippen LogP contribution in [0.25, 0.3) is 0 Å². The van der Waals surface area contributed by atoms with Crippen molar-refractivity contribution in [1.29, 1.82) is 0 Å². The number of nitrogens with one attached hydrogen (secondary N) is 1. The number of amides is 2. The number of carboxylic acid groups (broad SMARTS) is 1. The molecule has 3 fully saturated rings. The van der Waals surface area contributed by atoms with Gasteiger partial charge in [-0.1, -0.05) is 0 Å². The Balaban J connectivity index is 1.46. The van der Waals surface area contributed by atoms with E-state index in [9.17, 15) is 14.4 Å². The molecule has 2 N–H and O–H groups in total. The van der Waals surface area contributed by atoms with Gasteiger partial charge in [0, 0.05) is 25.0 Å². The highest BCUT2D eigenvalue weighted by Crippen LogP contribution is 2.33. The molecule has 3 rings (SSSR count). The summed E-state index contributed by atoms with van der Waals surface area (Å²) in [6, 6.07) is 0.444. The number of likely N-dealkylation sites (tertiary alicyclic amines) is 1. The second-order valence-corrected chi connectivity index (χ2v) is 6.57. The van der Waals surface area contributed by atoms with Crippen LogP contribution in [0.4, 0.5) is 0 Å². The third-order valence-electron chi connectivity index (χ3n) is 4.94. The minimum Gasteiger partial charge on any atom is -0.481 e. The Morgan fingerprint density at radius 2 is 1.71 bits per heavy atom. The summed E-state index contributed by atoms with van der Waals surface area (Å²) >= 11 is 0. The van der Waals surface area contributed by atoms with Crippen molar-refractivity contribution >= 4 is 17.8 Å². The van der Waals surface area contributed by atoms with E-state index < -0.39 is 5.97 Å². The summed E-state index contributed by atoms with van der Waals surface area (Å²) in [4.78, 5) is 36.9. The molecular formula is C15H22N2O4. The van der Waals surface area contributed by atoms with E-state index >= 15 is 0 Å². The van der Waals surface area contributed by atoms with E-state index in [-0.39, 0.29) is 29.7 Å². The lowest BCUT2D eigenvalue weighted by molar-refractivity contribution is -0.143. The molecule has 1 unspecified atom stereocenters. The predicted molar refractivity (Wildman–Crippen MR) is 74.4 cm³/mol. The van der Waals surface area contributed by atoms with Gasteiger partial charge in [0.1, 0.15) is 0 Å². The summed E-state index contributed by atoms with van der Waals surface area (Å²) in [5, 5.41) is 12.0. The standard InChI is InChI=1S/C15H22N2O4/c18-13-7-10(8-17(13)12-5-6-12)14(19)16-11-3-1-9(2-4-11)15(20)21/h9-12H,1-8H2,(H,16,19)(H,20,21). The van der Waals surface area contributed by atoms with Gasteiger partial charge in [-0.2, -0.15) is 0 Å². The van der Waals surface area contributed by atoms with Crippen LogP contribution in [-0.2, 0) is 14.4 Å². The van der Waals surface area contributed by atoms with Gasteiger partial charge in [0.15, 0.2) is 0 Å². The second kappa shape index (κ2) is 5.66. The molecule has 2 aliphatic carbocycles. The summed E-state index contributed by atoms with van der Waals surface area (Å²) in [6.07, 6.45) is 5.15. The molecule has 0 radical (unpaired) electrons. The molecule has 2 amide bonds. The second-order valence-electron chi connectivity index (χ2n) is 6.57. The molecule has 6 heteroatoms. The molecule has 0 bridgehead atoms. The zero-order chi connectivity index (χ0) is 15.0. The highest BCUT2D eigenvalue weighted by Gasteiger charge is 2.42. The maximum absolute atomic E-state index is 12.3. The Hall–Kier alpha value is -1.59. The summed E-state index contributed by atoms with van der Waals surface area (Å²) in [7, 11) is 0. The summed E-state index contributed by atoms with van der Waals surface area (Å²) in [6.45, 7) is 0.555. The van der Waals surface area contributed by atoms with E-state index in [2.05, 4.69) is 5.32 Å². The largest absolute Gasteiger partial charge is 0.481 e. The minimum atomic E-state index is -0.735. The molecule has 0 spiro atoms. The molecule has 1 atom stereocenters. The van der Waals surface area contributed by atoms with E-state index in [4.69, 9.17) is 5.11 Å². The lowest BCUT2D eigenvalue weighted by Crippen LogP contribution is -2.42. The van der Waals surface area contributed by atoms with Crippen molar-refractivity contribution in [3.05, 3.63) is 0 Å². The van der Waals surface area contributed by atoms with Crippen LogP contribution in [-0.4, -0.2) is 46.4 Å². The van der Waals surface area contributed by atoms with E-state index in [0.717, 1.165) is 25.7 Å². The van der Waals surface area contributed by atoms with Gasteiger partial charge in [-0.05, 0) is 38.5 Å². The van der Waals surface area contributed by atoms with Crippen molar-refractivity contribution in [2.75, 3.05) is 6.54 Å². The first-order valence-corrected chi connectivity index (χ1v) is 7.87. The number of rotatable bonds is 4. The van der Waals surface area contributed by atoms with Crippen molar-refractivity contribution in [1.82, 2.24) is 10.2 Å². The molecule has 1 saturated heterocycles. The minimum absolute atomic E-state index is 0.0368. The lowest BCUT2D eigenvalue weighted by Gasteiger charge is -2.27. The fourth-order valence-electron chi connectivity index (χ4n) is 3.45. The molecule has 116 valence electrons. The van der Waals surface area contributed by atoms with Crippen molar-refractivity contribution < 1.29 is 19.5 Å². The van der Waals surface area contributed by atoms with Gasteiger partial charge in [-0.15, -0.1) is 0 Å². The third kappa shape index (κ3) is 3.19. The Bertz CT molecular complexity index is 453.